The molecular formula is C23H32O2. The lowest BCUT2D eigenvalue weighted by Crippen LogP contribution is -2.57. The molecule has 5 aliphatic rings. The highest BCUT2D eigenvalue weighted by Crippen LogP contribution is 2.76. The molecule has 0 aromatic carbocycles. The fourth-order valence-electron chi connectivity index (χ4n) is 8.75. The summed E-state index contributed by atoms with van der Waals surface area (Å²) in [6.07, 6.45) is 12.4. The summed E-state index contributed by atoms with van der Waals surface area (Å²) in [6, 6.07) is 0. The van der Waals surface area contributed by atoms with Crippen LogP contribution < -0.4 is 0 Å². The van der Waals surface area contributed by atoms with Crippen molar-refractivity contribution in [2.45, 2.75) is 78.6 Å². The first-order valence-corrected chi connectivity index (χ1v) is 10.6. The summed E-state index contributed by atoms with van der Waals surface area (Å²) in [6.45, 7) is 6.81. The van der Waals surface area contributed by atoms with Crippen molar-refractivity contribution in [3.63, 3.8) is 0 Å². The molecule has 2 heteroatoms. The number of rotatable bonds is 1. The highest BCUT2D eigenvalue weighted by atomic mass is 16.1. The molecule has 0 saturated heterocycles. The third kappa shape index (κ3) is 1.73. The first-order valence-electron chi connectivity index (χ1n) is 10.6. The molecule has 0 aliphatic heterocycles. The van der Waals surface area contributed by atoms with E-state index in [1.54, 1.807) is 0 Å². The van der Waals surface area contributed by atoms with Crippen LogP contribution in [0.25, 0.3) is 0 Å². The van der Waals surface area contributed by atoms with Crippen LogP contribution in [0.2, 0.25) is 0 Å². The van der Waals surface area contributed by atoms with Crippen LogP contribution in [0.4, 0.5) is 0 Å². The fraction of sp³-hybridized carbons (Fsp3) is 0.826. The van der Waals surface area contributed by atoms with Crippen molar-refractivity contribution in [3.05, 3.63) is 11.6 Å². The quantitative estimate of drug-likeness (QED) is 0.664. The maximum atomic E-state index is 12.7. The van der Waals surface area contributed by atoms with Gasteiger partial charge in [-0.25, -0.2) is 0 Å². The predicted molar refractivity (Wildman–Crippen MR) is 97.9 cm³/mol. The van der Waals surface area contributed by atoms with E-state index >= 15 is 0 Å². The van der Waals surface area contributed by atoms with E-state index in [1.807, 2.05) is 13.0 Å². The van der Waals surface area contributed by atoms with Crippen molar-refractivity contribution in [1.82, 2.24) is 0 Å². The van der Waals surface area contributed by atoms with Crippen LogP contribution in [-0.4, -0.2) is 11.6 Å². The van der Waals surface area contributed by atoms with Gasteiger partial charge in [-0.1, -0.05) is 19.4 Å². The molecular weight excluding hydrogens is 308 g/mol. The minimum Gasteiger partial charge on any atom is -0.299 e. The molecule has 25 heavy (non-hydrogen) atoms. The van der Waals surface area contributed by atoms with Crippen molar-refractivity contribution in [3.8, 4) is 0 Å². The van der Waals surface area contributed by atoms with E-state index < -0.39 is 0 Å². The number of carbonyl (C=O) groups is 2. The monoisotopic (exact) mass is 340 g/mol. The summed E-state index contributed by atoms with van der Waals surface area (Å²) in [5.41, 5.74) is 1.96. The molecule has 0 unspecified atom stereocenters. The molecule has 136 valence electrons. The van der Waals surface area contributed by atoms with Crippen molar-refractivity contribution >= 4 is 11.6 Å². The first-order chi connectivity index (χ1) is 11.8. The van der Waals surface area contributed by atoms with Crippen LogP contribution in [0, 0.1) is 39.9 Å². The Bertz CT molecular complexity index is 690. The normalized spacial score (nSPS) is 53.7. The summed E-state index contributed by atoms with van der Waals surface area (Å²) in [7, 11) is 0. The largest absolute Gasteiger partial charge is 0.299 e. The molecule has 0 amide bonds. The second-order valence-electron chi connectivity index (χ2n) is 10.4. The average molecular weight is 341 g/mol. The maximum Gasteiger partial charge on any atom is 0.155 e. The number of allylic oxidation sites excluding steroid dienone is 1. The Labute approximate surface area is 151 Å². The van der Waals surface area contributed by atoms with Gasteiger partial charge < -0.3 is 0 Å². The third-order valence-electron chi connectivity index (χ3n) is 10.1. The van der Waals surface area contributed by atoms with Gasteiger partial charge in [0, 0.05) is 11.8 Å². The van der Waals surface area contributed by atoms with Crippen LogP contribution in [-0.2, 0) is 9.59 Å². The van der Waals surface area contributed by atoms with Crippen LogP contribution in [0.5, 0.6) is 0 Å². The minimum absolute atomic E-state index is 0.0161. The van der Waals surface area contributed by atoms with Crippen LogP contribution in [0.15, 0.2) is 11.6 Å². The highest BCUT2D eigenvalue weighted by Gasteiger charge is 2.71. The summed E-state index contributed by atoms with van der Waals surface area (Å²) in [5, 5.41) is 0. The smallest absolute Gasteiger partial charge is 0.155 e. The molecule has 4 fully saturated rings. The van der Waals surface area contributed by atoms with Crippen LogP contribution >= 0.6 is 0 Å². The zero-order chi connectivity index (χ0) is 17.6. The van der Waals surface area contributed by atoms with E-state index in [0.717, 1.165) is 43.4 Å². The fourth-order valence-corrected chi connectivity index (χ4v) is 8.75. The van der Waals surface area contributed by atoms with E-state index in [4.69, 9.17) is 0 Å². The second kappa shape index (κ2) is 4.87. The van der Waals surface area contributed by atoms with E-state index in [9.17, 15) is 9.59 Å². The van der Waals surface area contributed by atoms with Gasteiger partial charge in [0.15, 0.2) is 5.78 Å². The van der Waals surface area contributed by atoms with Gasteiger partial charge in [-0.15, -0.1) is 0 Å². The maximum absolute atomic E-state index is 12.7. The highest BCUT2D eigenvalue weighted by molar-refractivity contribution is 5.91. The van der Waals surface area contributed by atoms with Crippen molar-refractivity contribution < 1.29 is 9.59 Å². The van der Waals surface area contributed by atoms with Gasteiger partial charge in [-0.3, -0.25) is 9.59 Å². The van der Waals surface area contributed by atoms with Gasteiger partial charge in [0.25, 0.3) is 0 Å². The Kier molecular flexibility index (Phi) is 3.17. The zero-order valence-electron chi connectivity index (χ0n) is 16.1. The summed E-state index contributed by atoms with van der Waals surface area (Å²) >= 11 is 0. The van der Waals surface area contributed by atoms with Gasteiger partial charge in [-0.2, -0.15) is 0 Å². The Morgan fingerprint density at radius 1 is 1.04 bits per heavy atom. The van der Waals surface area contributed by atoms with Crippen LogP contribution in [0.1, 0.15) is 78.6 Å². The van der Waals surface area contributed by atoms with E-state index in [0.29, 0.717) is 17.5 Å². The Hall–Kier alpha value is -0.920. The standard InChI is InChI=1S/C23H32O2/c1-14(24)23-11-6-16(23)13-20-18-5-4-15-12-17(25)7-9-21(15,2)19(18)8-10-22(20,23)3/h12,16,18-20H,4-11,13H2,1-3H3/t16-,18-,19+,20+,21+,22+,23+/m1/s1. The summed E-state index contributed by atoms with van der Waals surface area (Å²) in [5.74, 6) is 3.74. The van der Waals surface area contributed by atoms with Gasteiger partial charge >= 0.3 is 0 Å². The van der Waals surface area contributed by atoms with Crippen molar-refractivity contribution in [2.24, 2.45) is 39.9 Å². The SMILES string of the molecule is CC(=O)[C@@]12CC[C@@H]1C[C@H]1[C@@H]3CCC4=CC(=O)CC[C@]4(C)[C@H]3CC[C@@]12C. The number of carbonyl (C=O) groups excluding carboxylic acids is 2. The molecule has 5 rings (SSSR count). The number of fused-ring (bicyclic) bond motifs is 7. The van der Waals surface area contributed by atoms with Gasteiger partial charge in [-0.05, 0) is 98.9 Å². The molecule has 0 radical (unpaired) electrons. The van der Waals surface area contributed by atoms with Gasteiger partial charge in [0.1, 0.15) is 5.78 Å². The molecule has 4 saturated carbocycles. The number of hydrogen-bond acceptors (Lipinski definition) is 2. The van der Waals surface area contributed by atoms with Gasteiger partial charge in [0.05, 0.1) is 0 Å². The molecule has 0 N–H and O–H groups in total. The van der Waals surface area contributed by atoms with E-state index in [1.165, 1.54) is 37.7 Å². The molecule has 2 nitrogen and oxygen atoms in total. The lowest BCUT2D eigenvalue weighted by atomic mass is 9.42. The van der Waals surface area contributed by atoms with E-state index in [2.05, 4.69) is 13.8 Å². The van der Waals surface area contributed by atoms with Crippen molar-refractivity contribution in [1.29, 1.82) is 0 Å². The Morgan fingerprint density at radius 3 is 2.52 bits per heavy atom. The predicted octanol–water partition coefficient (Wildman–Crippen LogP) is 5.11. The molecule has 0 aromatic heterocycles. The summed E-state index contributed by atoms with van der Waals surface area (Å²) in [4.78, 5) is 24.7. The lowest BCUT2D eigenvalue weighted by Gasteiger charge is -2.61. The first kappa shape index (κ1) is 16.3. The minimum atomic E-state index is 0.0161. The third-order valence-corrected chi connectivity index (χ3v) is 10.1. The molecule has 7 atom stereocenters. The average Bonchev–Trinajstić information content (AvgIpc) is 2.71. The molecule has 0 heterocycles. The molecule has 5 aliphatic carbocycles. The van der Waals surface area contributed by atoms with E-state index in [-0.39, 0.29) is 16.2 Å². The number of Topliss-reactive ketones (excluding diaryl/α,β-unsaturated/α-hetero) is 1. The molecule has 0 bridgehead atoms. The molecule has 0 aromatic rings. The lowest BCUT2D eigenvalue weighted by molar-refractivity contribution is -0.156. The zero-order valence-corrected chi connectivity index (χ0v) is 16.1. The number of hydrogen-bond donors (Lipinski definition) is 0. The Morgan fingerprint density at radius 2 is 1.84 bits per heavy atom. The van der Waals surface area contributed by atoms with Gasteiger partial charge in [0.2, 0.25) is 0 Å². The second-order valence-corrected chi connectivity index (χ2v) is 10.4. The Balaban J connectivity index is 1.53. The number of ketones is 2. The topological polar surface area (TPSA) is 34.1 Å². The van der Waals surface area contributed by atoms with Crippen molar-refractivity contribution in [2.75, 3.05) is 0 Å². The summed E-state index contributed by atoms with van der Waals surface area (Å²) < 4.78 is 0. The molecule has 0 spiro atoms. The van der Waals surface area contributed by atoms with Crippen LogP contribution in [0.3, 0.4) is 0 Å².